The van der Waals surface area contributed by atoms with Gasteiger partial charge in [0.2, 0.25) is 0 Å². The highest BCUT2D eigenvalue weighted by molar-refractivity contribution is 5.93. The molecule has 0 aromatic carbocycles. The molecule has 6 nitrogen and oxygen atoms in total. The second kappa shape index (κ2) is 4.85. The van der Waals surface area contributed by atoms with Crippen LogP contribution in [0.15, 0.2) is 18.5 Å². The number of nitrogens with one attached hydrogen (secondary N) is 2. The molecule has 2 aromatic heterocycles. The van der Waals surface area contributed by atoms with Gasteiger partial charge in [0.15, 0.2) is 0 Å². The van der Waals surface area contributed by atoms with Crippen LogP contribution < -0.4 is 5.32 Å². The Balaban J connectivity index is 1.71. The zero-order valence-corrected chi connectivity index (χ0v) is 11.2. The van der Waals surface area contributed by atoms with Crippen molar-refractivity contribution in [2.24, 2.45) is 7.05 Å². The Kier molecular flexibility index (Phi) is 3.03. The van der Waals surface area contributed by atoms with Crippen LogP contribution in [-0.2, 0) is 19.9 Å². The van der Waals surface area contributed by atoms with Gasteiger partial charge in [0, 0.05) is 31.4 Å². The predicted molar refractivity (Wildman–Crippen MR) is 72.0 cm³/mol. The van der Waals surface area contributed by atoms with Crippen LogP contribution >= 0.6 is 0 Å². The first-order valence-electron chi connectivity index (χ1n) is 6.56. The van der Waals surface area contributed by atoms with E-state index < -0.39 is 0 Å². The van der Waals surface area contributed by atoms with Gasteiger partial charge < -0.3 is 9.88 Å². The highest BCUT2D eigenvalue weighted by Gasteiger charge is 2.23. The first-order chi connectivity index (χ1) is 9.67. The van der Waals surface area contributed by atoms with Crippen molar-refractivity contribution in [3.63, 3.8) is 0 Å². The maximum Gasteiger partial charge on any atom is 0.268 e. The molecule has 2 aromatic rings. The second-order valence-corrected chi connectivity index (χ2v) is 5.12. The summed E-state index contributed by atoms with van der Waals surface area (Å²) in [6, 6.07) is 3.76. The first-order valence-corrected chi connectivity index (χ1v) is 6.56. The molecule has 20 heavy (non-hydrogen) atoms. The van der Waals surface area contributed by atoms with E-state index in [0.717, 1.165) is 25.0 Å². The van der Waals surface area contributed by atoms with Crippen LogP contribution in [0.3, 0.4) is 0 Å². The van der Waals surface area contributed by atoms with E-state index in [-0.39, 0.29) is 11.9 Å². The van der Waals surface area contributed by atoms with Crippen LogP contribution in [0.5, 0.6) is 0 Å². The summed E-state index contributed by atoms with van der Waals surface area (Å²) in [5, 5.41) is 18.9. The molecule has 0 radical (unpaired) electrons. The largest absolute Gasteiger partial charge is 0.348 e. The number of H-pyrrole nitrogens is 1. The first kappa shape index (κ1) is 12.5. The van der Waals surface area contributed by atoms with E-state index in [2.05, 4.69) is 15.5 Å². The lowest BCUT2D eigenvalue weighted by Gasteiger charge is -2.22. The topological polar surface area (TPSA) is 86.5 Å². The molecule has 0 spiro atoms. The molecule has 1 unspecified atom stereocenters. The molecule has 2 heterocycles. The number of rotatable bonds is 2. The number of amides is 1. The number of aryl methyl sites for hydroxylation is 2. The maximum absolute atomic E-state index is 12.2. The number of nitriles is 1. The molecule has 6 heteroatoms. The van der Waals surface area contributed by atoms with Crippen LogP contribution in [0.25, 0.3) is 0 Å². The molecular weight excluding hydrogens is 254 g/mol. The van der Waals surface area contributed by atoms with Gasteiger partial charge in [-0.15, -0.1) is 0 Å². The Hall–Kier alpha value is -2.55. The molecular formula is C14H15N5O. The number of carbonyl (C=O) groups excluding carboxylic acids is 1. The third kappa shape index (κ3) is 2.18. The van der Waals surface area contributed by atoms with Crippen LogP contribution in [0.4, 0.5) is 0 Å². The van der Waals surface area contributed by atoms with E-state index in [0.29, 0.717) is 11.3 Å². The van der Waals surface area contributed by atoms with Crippen LogP contribution in [0, 0.1) is 11.3 Å². The van der Waals surface area contributed by atoms with Crippen molar-refractivity contribution in [1.82, 2.24) is 20.1 Å². The molecule has 1 aliphatic carbocycles. The highest BCUT2D eigenvalue weighted by Crippen LogP contribution is 2.19. The van der Waals surface area contributed by atoms with Gasteiger partial charge in [-0.2, -0.15) is 10.4 Å². The summed E-state index contributed by atoms with van der Waals surface area (Å²) in [7, 11) is 1.77. The normalized spacial score (nSPS) is 17.3. The van der Waals surface area contributed by atoms with E-state index >= 15 is 0 Å². The number of aromatic amines is 1. The fraction of sp³-hybridized carbons (Fsp3) is 0.357. The van der Waals surface area contributed by atoms with Gasteiger partial charge in [-0.05, 0) is 24.5 Å². The van der Waals surface area contributed by atoms with Crippen molar-refractivity contribution in [2.75, 3.05) is 0 Å². The van der Waals surface area contributed by atoms with Gasteiger partial charge in [-0.3, -0.25) is 9.89 Å². The molecule has 1 atom stereocenters. The smallest absolute Gasteiger partial charge is 0.268 e. The van der Waals surface area contributed by atoms with Crippen molar-refractivity contribution in [1.29, 1.82) is 5.26 Å². The van der Waals surface area contributed by atoms with E-state index in [9.17, 15) is 4.79 Å². The molecule has 0 bridgehead atoms. The van der Waals surface area contributed by atoms with Gasteiger partial charge in [-0.25, -0.2) is 0 Å². The average Bonchev–Trinajstić information content (AvgIpc) is 3.04. The minimum absolute atomic E-state index is 0.107. The van der Waals surface area contributed by atoms with E-state index in [1.54, 1.807) is 23.9 Å². The molecule has 0 aliphatic heterocycles. The summed E-state index contributed by atoms with van der Waals surface area (Å²) in [6.45, 7) is 0. The highest BCUT2D eigenvalue weighted by atomic mass is 16.2. The number of fused-ring (bicyclic) bond motifs is 1. The zero-order chi connectivity index (χ0) is 14.1. The molecule has 0 saturated carbocycles. The standard InChI is InChI=1S/C14H15N5O/c1-19-8-9(6-15)4-13(19)14(20)17-11-3-2-10-7-16-18-12(10)5-11/h4,7-8,11H,2-3,5H2,1H3,(H,16,18)(H,17,20). The van der Waals surface area contributed by atoms with Crippen LogP contribution in [-0.4, -0.2) is 26.7 Å². The fourth-order valence-corrected chi connectivity index (χ4v) is 2.64. The molecule has 102 valence electrons. The lowest BCUT2D eigenvalue weighted by atomic mass is 9.94. The van der Waals surface area contributed by atoms with E-state index in [1.165, 1.54) is 5.56 Å². The maximum atomic E-state index is 12.2. The third-order valence-electron chi connectivity index (χ3n) is 3.72. The van der Waals surface area contributed by atoms with Crippen molar-refractivity contribution in [3.05, 3.63) is 41.0 Å². The van der Waals surface area contributed by atoms with Gasteiger partial charge in [0.1, 0.15) is 11.8 Å². The molecule has 2 N–H and O–H groups in total. The van der Waals surface area contributed by atoms with Crippen LogP contribution in [0.1, 0.15) is 33.7 Å². The molecule has 1 aliphatic rings. The molecule has 0 fully saturated rings. The quantitative estimate of drug-likeness (QED) is 0.849. The summed E-state index contributed by atoms with van der Waals surface area (Å²) in [5.41, 5.74) is 3.35. The summed E-state index contributed by atoms with van der Waals surface area (Å²) in [6.07, 6.45) is 6.12. The van der Waals surface area contributed by atoms with Crippen molar-refractivity contribution in [2.45, 2.75) is 25.3 Å². The van der Waals surface area contributed by atoms with Crippen molar-refractivity contribution in [3.8, 4) is 6.07 Å². The van der Waals surface area contributed by atoms with E-state index in [4.69, 9.17) is 5.26 Å². The Bertz CT molecular complexity index is 691. The lowest BCUT2D eigenvalue weighted by Crippen LogP contribution is -2.39. The summed E-state index contributed by atoms with van der Waals surface area (Å²) in [4.78, 5) is 12.2. The Morgan fingerprint density at radius 2 is 2.50 bits per heavy atom. The average molecular weight is 269 g/mol. The number of aromatic nitrogens is 3. The lowest BCUT2D eigenvalue weighted by molar-refractivity contribution is 0.0925. The molecule has 1 amide bonds. The summed E-state index contributed by atoms with van der Waals surface area (Å²) < 4.78 is 1.68. The van der Waals surface area contributed by atoms with E-state index in [1.807, 2.05) is 12.3 Å². The number of carbonyl (C=O) groups is 1. The van der Waals surface area contributed by atoms with Crippen molar-refractivity contribution < 1.29 is 4.79 Å². The minimum atomic E-state index is -0.137. The number of nitrogens with zero attached hydrogens (tertiary/aromatic N) is 3. The third-order valence-corrected chi connectivity index (χ3v) is 3.72. The SMILES string of the molecule is Cn1cc(C#N)cc1C(=O)NC1CCc2cn[nH]c2C1. The van der Waals surface area contributed by atoms with Gasteiger partial charge in [0.05, 0.1) is 11.8 Å². The summed E-state index contributed by atoms with van der Waals surface area (Å²) >= 11 is 0. The second-order valence-electron chi connectivity index (χ2n) is 5.12. The summed E-state index contributed by atoms with van der Waals surface area (Å²) in [5.74, 6) is -0.137. The zero-order valence-electron chi connectivity index (χ0n) is 11.2. The van der Waals surface area contributed by atoms with Crippen molar-refractivity contribution >= 4 is 5.91 Å². The Labute approximate surface area is 116 Å². The number of hydrogen-bond acceptors (Lipinski definition) is 3. The number of hydrogen-bond donors (Lipinski definition) is 2. The fourth-order valence-electron chi connectivity index (χ4n) is 2.64. The minimum Gasteiger partial charge on any atom is -0.348 e. The molecule has 0 saturated heterocycles. The monoisotopic (exact) mass is 269 g/mol. The van der Waals surface area contributed by atoms with Crippen LogP contribution in [0.2, 0.25) is 0 Å². The predicted octanol–water partition coefficient (Wildman–Crippen LogP) is 0.907. The van der Waals surface area contributed by atoms with Gasteiger partial charge in [-0.1, -0.05) is 0 Å². The molecule has 3 rings (SSSR count). The Morgan fingerprint density at radius 3 is 3.25 bits per heavy atom. The van der Waals surface area contributed by atoms with Gasteiger partial charge >= 0.3 is 0 Å². The van der Waals surface area contributed by atoms with Gasteiger partial charge in [0.25, 0.3) is 5.91 Å². The Morgan fingerprint density at radius 1 is 1.65 bits per heavy atom.